The van der Waals surface area contributed by atoms with Gasteiger partial charge in [0.05, 0.1) is 30.8 Å². The van der Waals surface area contributed by atoms with E-state index in [1.54, 1.807) is 13.3 Å². The summed E-state index contributed by atoms with van der Waals surface area (Å²) < 4.78 is 17.7. The lowest BCUT2D eigenvalue weighted by molar-refractivity contribution is 0.203. The normalized spacial score (nSPS) is 14.7. The highest BCUT2D eigenvalue weighted by Gasteiger charge is 2.14. The number of piperidine rings is 1. The quantitative estimate of drug-likeness (QED) is 0.408. The maximum atomic E-state index is 6.06. The van der Waals surface area contributed by atoms with E-state index in [2.05, 4.69) is 24.8 Å². The van der Waals surface area contributed by atoms with Crippen LogP contribution in [0.5, 0.6) is 23.1 Å². The predicted molar refractivity (Wildman–Crippen MR) is 123 cm³/mol. The van der Waals surface area contributed by atoms with Crippen LogP contribution in [0.2, 0.25) is 0 Å². The minimum absolute atomic E-state index is 0.446. The molecule has 0 radical (unpaired) electrons. The number of rotatable bonds is 8. The highest BCUT2D eigenvalue weighted by atomic mass is 16.5. The fourth-order valence-electron chi connectivity index (χ4n) is 4.13. The molecule has 3 aromatic heterocycles. The zero-order valence-electron chi connectivity index (χ0n) is 18.2. The molecule has 1 aliphatic heterocycles. The number of nitrogens with one attached hydrogen (secondary N) is 1. The minimum Gasteiger partial charge on any atom is -0.493 e. The molecule has 4 aromatic rings. The number of hydrogen-bond acceptors (Lipinski definition) is 7. The van der Waals surface area contributed by atoms with Gasteiger partial charge in [-0.3, -0.25) is 0 Å². The molecule has 1 aliphatic rings. The van der Waals surface area contributed by atoms with E-state index in [4.69, 9.17) is 14.2 Å². The summed E-state index contributed by atoms with van der Waals surface area (Å²) in [7, 11) is 1.63. The molecule has 166 valence electrons. The van der Waals surface area contributed by atoms with E-state index < -0.39 is 0 Å². The van der Waals surface area contributed by atoms with E-state index in [0.29, 0.717) is 29.7 Å². The van der Waals surface area contributed by atoms with Gasteiger partial charge in [-0.05, 0) is 50.6 Å². The fourth-order valence-corrected chi connectivity index (χ4v) is 4.13. The van der Waals surface area contributed by atoms with Crippen molar-refractivity contribution in [3.63, 3.8) is 0 Å². The molecule has 32 heavy (non-hydrogen) atoms. The maximum absolute atomic E-state index is 6.06. The molecule has 4 heterocycles. The van der Waals surface area contributed by atoms with Gasteiger partial charge < -0.3 is 24.1 Å². The molecule has 0 aliphatic carbocycles. The average molecular weight is 434 g/mol. The van der Waals surface area contributed by atoms with Gasteiger partial charge in [-0.2, -0.15) is 0 Å². The molecule has 0 amide bonds. The Morgan fingerprint density at radius 3 is 2.81 bits per heavy atom. The van der Waals surface area contributed by atoms with E-state index in [-0.39, 0.29) is 0 Å². The molecule has 1 N–H and O–H groups in total. The number of H-pyrrole nitrogens is 1. The number of aromatic amines is 1. The van der Waals surface area contributed by atoms with Gasteiger partial charge in [-0.25, -0.2) is 15.0 Å². The number of likely N-dealkylation sites (tertiary alicyclic amines) is 1. The molecule has 0 saturated carbocycles. The molecule has 1 saturated heterocycles. The van der Waals surface area contributed by atoms with Crippen LogP contribution in [0.25, 0.3) is 21.9 Å². The minimum atomic E-state index is 0.446. The van der Waals surface area contributed by atoms with E-state index in [9.17, 15) is 0 Å². The van der Waals surface area contributed by atoms with Crippen LogP contribution < -0.4 is 14.2 Å². The molecule has 8 nitrogen and oxygen atoms in total. The predicted octanol–water partition coefficient (Wildman–Crippen LogP) is 4.56. The summed E-state index contributed by atoms with van der Waals surface area (Å²) in [6.07, 6.45) is 9.95. The van der Waals surface area contributed by atoms with Crippen LogP contribution in [0.3, 0.4) is 0 Å². The van der Waals surface area contributed by atoms with Crippen molar-refractivity contribution in [2.24, 2.45) is 0 Å². The highest BCUT2D eigenvalue weighted by molar-refractivity contribution is 5.87. The zero-order chi connectivity index (χ0) is 21.8. The summed E-state index contributed by atoms with van der Waals surface area (Å²) in [6, 6.07) is 7.62. The smallest absolute Gasteiger partial charge is 0.230 e. The second-order valence-electron chi connectivity index (χ2n) is 7.99. The van der Waals surface area contributed by atoms with Crippen molar-refractivity contribution in [3.8, 4) is 23.1 Å². The molecule has 1 fully saturated rings. The molecule has 0 bridgehead atoms. The van der Waals surface area contributed by atoms with Gasteiger partial charge in [0.15, 0.2) is 11.5 Å². The van der Waals surface area contributed by atoms with Crippen molar-refractivity contribution >= 4 is 21.9 Å². The third kappa shape index (κ3) is 4.45. The van der Waals surface area contributed by atoms with Gasteiger partial charge in [0, 0.05) is 24.2 Å². The number of pyridine rings is 1. The van der Waals surface area contributed by atoms with E-state index in [0.717, 1.165) is 34.9 Å². The standard InChI is InChI=1S/C24H27N5O3/c1-30-21-13-19-20(14-22(21)31-11-5-10-29-8-3-2-4-9-29)27-16-28-24(19)32-18-12-17-6-7-25-23(17)26-15-18/h6-7,12-16H,2-5,8-11H2,1H3,(H,25,26). The van der Waals surface area contributed by atoms with Crippen LogP contribution >= 0.6 is 0 Å². The number of methoxy groups -OCH3 is 1. The largest absolute Gasteiger partial charge is 0.493 e. The molecule has 0 unspecified atom stereocenters. The third-order valence-corrected chi connectivity index (χ3v) is 5.80. The lowest BCUT2D eigenvalue weighted by Crippen LogP contribution is -2.31. The number of nitrogens with zero attached hydrogens (tertiary/aromatic N) is 4. The second-order valence-corrected chi connectivity index (χ2v) is 7.99. The highest BCUT2D eigenvalue weighted by Crippen LogP contribution is 2.36. The Morgan fingerprint density at radius 1 is 1.03 bits per heavy atom. The molecule has 8 heteroatoms. The van der Waals surface area contributed by atoms with Crippen LogP contribution in [-0.2, 0) is 0 Å². The van der Waals surface area contributed by atoms with Crippen LogP contribution in [0, 0.1) is 0 Å². The number of benzene rings is 1. The first-order valence-electron chi connectivity index (χ1n) is 11.1. The van der Waals surface area contributed by atoms with Crippen molar-refractivity contribution in [2.75, 3.05) is 33.4 Å². The van der Waals surface area contributed by atoms with Crippen LogP contribution in [0.4, 0.5) is 0 Å². The monoisotopic (exact) mass is 433 g/mol. The Bertz CT molecular complexity index is 1200. The number of hydrogen-bond donors (Lipinski definition) is 1. The van der Waals surface area contributed by atoms with Crippen molar-refractivity contribution in [1.82, 2.24) is 24.8 Å². The van der Waals surface area contributed by atoms with Crippen molar-refractivity contribution in [2.45, 2.75) is 25.7 Å². The van der Waals surface area contributed by atoms with Crippen molar-refractivity contribution in [1.29, 1.82) is 0 Å². The molecular weight excluding hydrogens is 406 g/mol. The number of fused-ring (bicyclic) bond motifs is 2. The first-order valence-corrected chi connectivity index (χ1v) is 11.1. The van der Waals surface area contributed by atoms with Gasteiger partial charge in [0.2, 0.25) is 5.88 Å². The molecule has 5 rings (SSSR count). The summed E-state index contributed by atoms with van der Waals surface area (Å²) in [5.74, 6) is 2.36. The fraction of sp³-hybridized carbons (Fsp3) is 0.375. The summed E-state index contributed by atoms with van der Waals surface area (Å²) in [5, 5.41) is 1.72. The average Bonchev–Trinajstić information content (AvgIpc) is 3.30. The zero-order valence-corrected chi connectivity index (χ0v) is 18.2. The summed E-state index contributed by atoms with van der Waals surface area (Å²) in [4.78, 5) is 18.7. The van der Waals surface area contributed by atoms with Crippen molar-refractivity contribution in [3.05, 3.63) is 43.0 Å². The summed E-state index contributed by atoms with van der Waals surface area (Å²) in [6.45, 7) is 4.10. The lowest BCUT2D eigenvalue weighted by Gasteiger charge is -2.26. The molecule has 0 atom stereocenters. The number of aromatic nitrogens is 4. The molecular formula is C24H27N5O3. The van der Waals surface area contributed by atoms with Gasteiger partial charge in [0.1, 0.15) is 17.7 Å². The third-order valence-electron chi connectivity index (χ3n) is 5.80. The number of ether oxygens (including phenoxy) is 3. The first kappa shape index (κ1) is 20.5. The van der Waals surface area contributed by atoms with Crippen LogP contribution in [0.15, 0.2) is 43.0 Å². The van der Waals surface area contributed by atoms with Gasteiger partial charge in [-0.1, -0.05) is 6.42 Å². The van der Waals surface area contributed by atoms with E-state index in [1.165, 1.54) is 38.7 Å². The Hall–Kier alpha value is -3.39. The van der Waals surface area contributed by atoms with E-state index in [1.807, 2.05) is 30.5 Å². The van der Waals surface area contributed by atoms with Gasteiger partial charge in [0.25, 0.3) is 0 Å². The summed E-state index contributed by atoms with van der Waals surface area (Å²) in [5.41, 5.74) is 1.55. The van der Waals surface area contributed by atoms with Crippen LogP contribution in [0.1, 0.15) is 25.7 Å². The maximum Gasteiger partial charge on any atom is 0.230 e. The van der Waals surface area contributed by atoms with Gasteiger partial charge in [-0.15, -0.1) is 0 Å². The lowest BCUT2D eigenvalue weighted by atomic mass is 10.1. The van der Waals surface area contributed by atoms with Gasteiger partial charge >= 0.3 is 0 Å². The Morgan fingerprint density at radius 2 is 1.94 bits per heavy atom. The van der Waals surface area contributed by atoms with E-state index >= 15 is 0 Å². The summed E-state index contributed by atoms with van der Waals surface area (Å²) >= 11 is 0. The molecule has 1 aromatic carbocycles. The molecule has 0 spiro atoms. The second kappa shape index (κ2) is 9.40. The SMILES string of the molecule is COc1cc2c(Oc3cnc4[nH]ccc4c3)ncnc2cc1OCCCN1CCCCC1. The van der Waals surface area contributed by atoms with Crippen LogP contribution in [-0.4, -0.2) is 58.2 Å². The van der Waals surface area contributed by atoms with Crippen molar-refractivity contribution < 1.29 is 14.2 Å². The topological polar surface area (TPSA) is 85.4 Å². The Kier molecular flexibility index (Phi) is 6.02. The Labute approximate surface area is 186 Å². The Balaban J connectivity index is 1.32. The first-order chi connectivity index (χ1) is 15.8.